The molecule has 1 aromatic rings. The van der Waals surface area contributed by atoms with Gasteiger partial charge >= 0.3 is 0 Å². The van der Waals surface area contributed by atoms with Gasteiger partial charge in [-0.2, -0.15) is 0 Å². The summed E-state index contributed by atoms with van der Waals surface area (Å²) in [6.07, 6.45) is 5.11. The highest BCUT2D eigenvalue weighted by atomic mass is 19.1. The molecule has 1 fully saturated rings. The van der Waals surface area contributed by atoms with Gasteiger partial charge in [-0.15, -0.1) is 0 Å². The van der Waals surface area contributed by atoms with Crippen LogP contribution in [0.4, 0.5) is 10.2 Å². The van der Waals surface area contributed by atoms with Crippen molar-refractivity contribution in [2.24, 2.45) is 5.41 Å². The van der Waals surface area contributed by atoms with E-state index >= 15 is 0 Å². The van der Waals surface area contributed by atoms with Crippen LogP contribution >= 0.6 is 0 Å². The molecule has 2 rings (SSSR count). The molecule has 118 valence electrons. The molecule has 1 N–H and O–H groups in total. The van der Waals surface area contributed by atoms with Crippen LogP contribution in [0, 0.1) is 11.2 Å². The van der Waals surface area contributed by atoms with E-state index in [4.69, 9.17) is 0 Å². The first-order valence-corrected chi connectivity index (χ1v) is 8.01. The van der Waals surface area contributed by atoms with Crippen molar-refractivity contribution < 1.29 is 4.39 Å². The van der Waals surface area contributed by atoms with Gasteiger partial charge in [0.2, 0.25) is 0 Å². The fourth-order valence-corrected chi connectivity index (χ4v) is 2.78. The van der Waals surface area contributed by atoms with Crippen LogP contribution < -0.4 is 10.2 Å². The number of halogens is 1. The molecule has 1 aliphatic heterocycles. The molecule has 1 aliphatic rings. The van der Waals surface area contributed by atoms with E-state index in [9.17, 15) is 4.39 Å². The molecule has 1 aromatic heterocycles. The topological polar surface area (TPSA) is 28.2 Å². The number of aromatic nitrogens is 1. The van der Waals surface area contributed by atoms with Gasteiger partial charge in [-0.1, -0.05) is 27.7 Å². The van der Waals surface area contributed by atoms with Crippen molar-refractivity contribution >= 4 is 5.82 Å². The lowest BCUT2D eigenvalue weighted by Crippen LogP contribution is -2.28. The normalized spacial score (nSPS) is 18.9. The Kier molecular flexibility index (Phi) is 5.20. The van der Waals surface area contributed by atoms with Gasteiger partial charge in [-0.3, -0.25) is 0 Å². The summed E-state index contributed by atoms with van der Waals surface area (Å²) in [4.78, 5) is 6.42. The number of hydrogen-bond donors (Lipinski definition) is 1. The minimum atomic E-state index is -0.162. The molecular formula is C17H28FN3. The van der Waals surface area contributed by atoms with Crippen LogP contribution in [0.15, 0.2) is 12.3 Å². The maximum atomic E-state index is 14.7. The molecule has 0 spiro atoms. The Labute approximate surface area is 127 Å². The van der Waals surface area contributed by atoms with Gasteiger partial charge in [0.25, 0.3) is 0 Å². The van der Waals surface area contributed by atoms with Crippen molar-refractivity contribution in [3.63, 3.8) is 0 Å². The van der Waals surface area contributed by atoms with E-state index in [1.54, 1.807) is 12.3 Å². The Bertz CT molecular complexity index is 471. The fraction of sp³-hybridized carbons (Fsp3) is 0.706. The molecule has 0 amide bonds. The van der Waals surface area contributed by atoms with Gasteiger partial charge in [0, 0.05) is 37.4 Å². The molecule has 1 saturated heterocycles. The summed E-state index contributed by atoms with van der Waals surface area (Å²) in [6, 6.07) is 2.12. The predicted octanol–water partition coefficient (Wildman–Crippen LogP) is 3.74. The zero-order valence-corrected chi connectivity index (χ0v) is 13.7. The SMILES string of the molecule is CC(C)NCc1ccnc(N2CCCC(C)(C)CC2)c1F. The Morgan fingerprint density at radius 2 is 2.10 bits per heavy atom. The lowest BCUT2D eigenvalue weighted by atomic mass is 9.85. The fourth-order valence-electron chi connectivity index (χ4n) is 2.78. The highest BCUT2D eigenvalue weighted by molar-refractivity contribution is 5.43. The average molecular weight is 293 g/mol. The molecule has 0 unspecified atom stereocenters. The van der Waals surface area contributed by atoms with Crippen LogP contribution in [0.25, 0.3) is 0 Å². The van der Waals surface area contributed by atoms with Gasteiger partial charge in [0.15, 0.2) is 11.6 Å². The van der Waals surface area contributed by atoms with E-state index in [1.807, 2.05) is 0 Å². The van der Waals surface area contributed by atoms with Crippen LogP contribution in [0.3, 0.4) is 0 Å². The molecule has 0 aromatic carbocycles. The summed E-state index contributed by atoms with van der Waals surface area (Å²) >= 11 is 0. The third-order valence-corrected chi connectivity index (χ3v) is 4.29. The van der Waals surface area contributed by atoms with Crippen LogP contribution in [0.5, 0.6) is 0 Å². The summed E-state index contributed by atoms with van der Waals surface area (Å²) in [5.41, 5.74) is 1.05. The second-order valence-electron chi connectivity index (χ2n) is 7.15. The number of nitrogens with zero attached hydrogens (tertiary/aromatic N) is 2. The van der Waals surface area contributed by atoms with Crippen LogP contribution in [0.1, 0.15) is 52.5 Å². The first kappa shape index (κ1) is 16.2. The first-order valence-electron chi connectivity index (χ1n) is 8.01. The maximum absolute atomic E-state index is 14.7. The van der Waals surface area contributed by atoms with Crippen molar-refractivity contribution in [3.05, 3.63) is 23.6 Å². The average Bonchev–Trinajstić information content (AvgIpc) is 2.58. The maximum Gasteiger partial charge on any atom is 0.170 e. The quantitative estimate of drug-likeness (QED) is 0.916. The summed E-state index contributed by atoms with van der Waals surface area (Å²) in [7, 11) is 0. The van der Waals surface area contributed by atoms with Gasteiger partial charge in [0.1, 0.15) is 0 Å². The van der Waals surface area contributed by atoms with E-state index in [0.29, 0.717) is 29.4 Å². The molecular weight excluding hydrogens is 265 g/mol. The molecule has 0 saturated carbocycles. The van der Waals surface area contributed by atoms with Gasteiger partial charge in [-0.25, -0.2) is 9.37 Å². The molecule has 0 radical (unpaired) electrons. The first-order chi connectivity index (χ1) is 9.89. The van der Waals surface area contributed by atoms with Gasteiger partial charge < -0.3 is 10.2 Å². The number of rotatable bonds is 4. The zero-order chi connectivity index (χ0) is 15.5. The van der Waals surface area contributed by atoms with E-state index in [2.05, 4.69) is 42.9 Å². The van der Waals surface area contributed by atoms with Crippen molar-refractivity contribution in [2.45, 2.75) is 59.5 Å². The minimum absolute atomic E-state index is 0.162. The van der Waals surface area contributed by atoms with Crippen molar-refractivity contribution in [2.75, 3.05) is 18.0 Å². The van der Waals surface area contributed by atoms with Gasteiger partial charge in [0.05, 0.1) is 0 Å². The highest BCUT2D eigenvalue weighted by Gasteiger charge is 2.25. The monoisotopic (exact) mass is 293 g/mol. The Morgan fingerprint density at radius 3 is 2.81 bits per heavy atom. The predicted molar refractivity (Wildman–Crippen MR) is 86.0 cm³/mol. The minimum Gasteiger partial charge on any atom is -0.354 e. The summed E-state index contributed by atoms with van der Waals surface area (Å²) in [5, 5.41) is 3.27. The smallest absolute Gasteiger partial charge is 0.170 e. The molecule has 0 atom stereocenters. The second kappa shape index (κ2) is 6.73. The lowest BCUT2D eigenvalue weighted by molar-refractivity contribution is 0.325. The lowest BCUT2D eigenvalue weighted by Gasteiger charge is -2.25. The van der Waals surface area contributed by atoms with Crippen molar-refractivity contribution in [1.82, 2.24) is 10.3 Å². The van der Waals surface area contributed by atoms with Crippen LogP contribution in [-0.2, 0) is 6.54 Å². The number of anilines is 1. The van der Waals surface area contributed by atoms with Crippen molar-refractivity contribution in [3.8, 4) is 0 Å². The van der Waals surface area contributed by atoms with Crippen LogP contribution in [-0.4, -0.2) is 24.1 Å². The standard InChI is InChI=1S/C17H28FN3/c1-13(2)20-12-14-6-9-19-16(15(14)18)21-10-5-7-17(3,4)8-11-21/h6,9,13,20H,5,7-8,10-12H2,1-4H3. The molecule has 4 heteroatoms. The van der Waals surface area contributed by atoms with E-state index in [0.717, 1.165) is 25.9 Å². The molecule has 3 nitrogen and oxygen atoms in total. The van der Waals surface area contributed by atoms with Gasteiger partial charge in [-0.05, 0) is 30.7 Å². The molecule has 0 bridgehead atoms. The third-order valence-electron chi connectivity index (χ3n) is 4.29. The zero-order valence-electron chi connectivity index (χ0n) is 13.7. The number of nitrogens with one attached hydrogen (secondary N) is 1. The Hall–Kier alpha value is -1.16. The van der Waals surface area contributed by atoms with E-state index < -0.39 is 0 Å². The molecule has 0 aliphatic carbocycles. The summed E-state index contributed by atoms with van der Waals surface area (Å²) in [5.74, 6) is 0.362. The van der Waals surface area contributed by atoms with Crippen LogP contribution in [0.2, 0.25) is 0 Å². The molecule has 21 heavy (non-hydrogen) atoms. The number of hydrogen-bond acceptors (Lipinski definition) is 3. The summed E-state index contributed by atoms with van der Waals surface area (Å²) in [6.45, 7) is 11.1. The third kappa shape index (κ3) is 4.40. The highest BCUT2D eigenvalue weighted by Crippen LogP contribution is 2.32. The second-order valence-corrected chi connectivity index (χ2v) is 7.15. The largest absolute Gasteiger partial charge is 0.354 e. The molecule has 2 heterocycles. The van der Waals surface area contributed by atoms with E-state index in [-0.39, 0.29) is 5.82 Å². The van der Waals surface area contributed by atoms with Crippen molar-refractivity contribution in [1.29, 1.82) is 0 Å². The summed E-state index contributed by atoms with van der Waals surface area (Å²) < 4.78 is 14.7. The Morgan fingerprint density at radius 1 is 1.33 bits per heavy atom. The van der Waals surface area contributed by atoms with E-state index in [1.165, 1.54) is 6.42 Å². The number of pyridine rings is 1. The Balaban J connectivity index is 2.14.